The van der Waals surface area contributed by atoms with Crippen LogP contribution in [0.15, 0.2) is 60.7 Å². The number of nitrogens with one attached hydrogen (secondary N) is 3. The van der Waals surface area contributed by atoms with E-state index in [0.717, 1.165) is 38.2 Å². The van der Waals surface area contributed by atoms with E-state index in [-0.39, 0.29) is 24.4 Å². The van der Waals surface area contributed by atoms with E-state index in [9.17, 15) is 9.59 Å². The van der Waals surface area contributed by atoms with Crippen LogP contribution in [0, 0.1) is 13.8 Å². The van der Waals surface area contributed by atoms with Gasteiger partial charge in [0.15, 0.2) is 12.6 Å². The Morgan fingerprint density at radius 2 is 1.66 bits per heavy atom. The quantitative estimate of drug-likeness (QED) is 0.606. The van der Waals surface area contributed by atoms with Gasteiger partial charge in [0.2, 0.25) is 0 Å². The van der Waals surface area contributed by atoms with Crippen LogP contribution < -0.4 is 15.5 Å². The number of amides is 2. The van der Waals surface area contributed by atoms with Crippen molar-refractivity contribution in [2.75, 3.05) is 24.2 Å². The van der Waals surface area contributed by atoms with Gasteiger partial charge in [0.1, 0.15) is 0 Å². The summed E-state index contributed by atoms with van der Waals surface area (Å²) in [6.07, 6.45) is 0. The second kappa shape index (κ2) is 8.88. The van der Waals surface area contributed by atoms with E-state index in [1.165, 1.54) is 0 Å². The van der Waals surface area contributed by atoms with Crippen molar-refractivity contribution in [3.63, 3.8) is 0 Å². The first-order valence-corrected chi connectivity index (χ1v) is 9.82. The minimum atomic E-state index is -0.370. The average molecular weight is 391 g/mol. The summed E-state index contributed by atoms with van der Waals surface area (Å²) in [5.74, 6) is -0.223. The average Bonchev–Trinajstić information content (AvgIpc) is 2.69. The molecule has 3 N–H and O–H groups in total. The van der Waals surface area contributed by atoms with Gasteiger partial charge in [-0.1, -0.05) is 42.5 Å². The second-order valence-corrected chi connectivity index (χ2v) is 7.66. The van der Waals surface area contributed by atoms with Crippen LogP contribution >= 0.6 is 0 Å². The molecule has 3 aromatic carbocycles. The number of hydrogen-bond acceptors (Lipinski definition) is 2. The van der Waals surface area contributed by atoms with E-state index in [1.807, 2.05) is 88.5 Å². The largest absolute Gasteiger partial charge is 0.321 e. The predicted molar refractivity (Wildman–Crippen MR) is 118 cm³/mol. The van der Waals surface area contributed by atoms with Crippen LogP contribution in [-0.4, -0.2) is 31.4 Å². The molecule has 0 radical (unpaired) electrons. The fraction of sp³-hybridized carbons (Fsp3) is 0.250. The molecular weight excluding hydrogens is 362 g/mol. The topological polar surface area (TPSA) is 62.6 Å². The molecule has 3 aromatic rings. The van der Waals surface area contributed by atoms with Crippen LogP contribution in [0.4, 0.5) is 11.4 Å². The highest BCUT2D eigenvalue weighted by molar-refractivity contribution is 5.97. The minimum absolute atomic E-state index is 0.110. The molecule has 5 heteroatoms. The number of fused-ring (bicyclic) bond motifs is 1. The Hall–Kier alpha value is -3.18. The van der Waals surface area contributed by atoms with Crippen molar-refractivity contribution in [2.24, 2.45) is 0 Å². The van der Waals surface area contributed by atoms with E-state index < -0.39 is 0 Å². The van der Waals surface area contributed by atoms with Gasteiger partial charge in [0.05, 0.1) is 7.05 Å². The zero-order valence-corrected chi connectivity index (χ0v) is 17.4. The Labute approximate surface area is 171 Å². The number of aryl methyl sites for hydroxylation is 2. The number of rotatable bonds is 6. The lowest BCUT2D eigenvalue weighted by molar-refractivity contribution is -0.885. The molecule has 0 aliphatic heterocycles. The lowest BCUT2D eigenvalue weighted by atomic mass is 10.1. The van der Waals surface area contributed by atoms with Gasteiger partial charge in [-0.3, -0.25) is 9.59 Å². The van der Waals surface area contributed by atoms with Crippen LogP contribution in [0.5, 0.6) is 0 Å². The molecule has 150 valence electrons. The third-order valence-electron chi connectivity index (χ3n) is 5.26. The number of anilines is 2. The molecule has 2 amide bonds. The summed E-state index contributed by atoms with van der Waals surface area (Å²) >= 11 is 0. The molecule has 2 atom stereocenters. The monoisotopic (exact) mass is 390 g/mol. The summed E-state index contributed by atoms with van der Waals surface area (Å²) in [6.45, 7) is 5.99. The number of quaternary nitrogens is 1. The van der Waals surface area contributed by atoms with E-state index in [4.69, 9.17) is 0 Å². The Balaban J connectivity index is 1.59. The van der Waals surface area contributed by atoms with E-state index in [2.05, 4.69) is 10.6 Å². The highest BCUT2D eigenvalue weighted by Crippen LogP contribution is 2.19. The number of benzene rings is 3. The Bertz CT molecular complexity index is 1050. The predicted octanol–water partition coefficient (Wildman–Crippen LogP) is 2.94. The smallest absolute Gasteiger partial charge is 0.282 e. The summed E-state index contributed by atoms with van der Waals surface area (Å²) in [5, 5.41) is 8.12. The summed E-state index contributed by atoms with van der Waals surface area (Å²) < 4.78 is 0. The number of hydrogen-bond donors (Lipinski definition) is 3. The fourth-order valence-electron chi connectivity index (χ4n) is 3.21. The molecule has 0 aliphatic carbocycles. The van der Waals surface area contributed by atoms with Crippen molar-refractivity contribution in [3.8, 4) is 0 Å². The summed E-state index contributed by atoms with van der Waals surface area (Å²) in [4.78, 5) is 25.9. The van der Waals surface area contributed by atoms with Gasteiger partial charge in [-0.15, -0.1) is 0 Å². The molecule has 0 saturated heterocycles. The minimum Gasteiger partial charge on any atom is -0.321 e. The summed E-state index contributed by atoms with van der Waals surface area (Å²) in [6, 6.07) is 19.5. The van der Waals surface area contributed by atoms with Crippen LogP contribution in [0.1, 0.15) is 18.1 Å². The molecule has 1 unspecified atom stereocenters. The van der Waals surface area contributed by atoms with Crippen molar-refractivity contribution in [1.29, 1.82) is 0 Å². The van der Waals surface area contributed by atoms with E-state index in [1.54, 1.807) is 0 Å². The van der Waals surface area contributed by atoms with Gasteiger partial charge in [-0.2, -0.15) is 0 Å². The first-order chi connectivity index (χ1) is 13.8. The Kier molecular flexibility index (Phi) is 6.29. The molecular formula is C24H28N3O2+. The lowest BCUT2D eigenvalue weighted by Crippen LogP contribution is -3.14. The molecule has 3 rings (SSSR count). The van der Waals surface area contributed by atoms with E-state index in [0.29, 0.717) is 0 Å². The van der Waals surface area contributed by atoms with Crippen LogP contribution in [0.3, 0.4) is 0 Å². The van der Waals surface area contributed by atoms with Gasteiger partial charge in [-0.05, 0) is 60.9 Å². The number of likely N-dealkylation sites (N-methyl/N-ethyl adjacent to an activating group) is 1. The molecule has 5 nitrogen and oxygen atoms in total. The highest BCUT2D eigenvalue weighted by Gasteiger charge is 2.24. The summed E-state index contributed by atoms with van der Waals surface area (Å²) in [5.41, 5.74) is 3.68. The van der Waals surface area contributed by atoms with Crippen molar-refractivity contribution >= 4 is 34.0 Å². The van der Waals surface area contributed by atoms with Crippen LogP contribution in [-0.2, 0) is 9.59 Å². The van der Waals surface area contributed by atoms with Gasteiger partial charge < -0.3 is 15.5 Å². The molecule has 0 bridgehead atoms. The molecule has 0 heterocycles. The van der Waals surface area contributed by atoms with Crippen molar-refractivity contribution in [2.45, 2.75) is 26.8 Å². The molecule has 0 aromatic heterocycles. The van der Waals surface area contributed by atoms with Gasteiger partial charge in [-0.25, -0.2) is 0 Å². The Morgan fingerprint density at radius 3 is 2.41 bits per heavy atom. The molecule has 0 fully saturated rings. The second-order valence-electron chi connectivity index (χ2n) is 7.66. The zero-order valence-electron chi connectivity index (χ0n) is 17.4. The fourth-order valence-corrected chi connectivity index (χ4v) is 3.21. The summed E-state index contributed by atoms with van der Waals surface area (Å²) in [7, 11) is 1.85. The SMILES string of the molecule is Cc1ccc(C)c(NC(=O)C[NH+](C)[C@@H](C)C(=O)Nc2ccc3ccccc3c2)c1. The molecule has 29 heavy (non-hydrogen) atoms. The maximum atomic E-state index is 12.7. The number of carbonyl (C=O) groups excluding carboxylic acids is 2. The maximum absolute atomic E-state index is 12.7. The van der Waals surface area contributed by atoms with Crippen molar-refractivity contribution in [1.82, 2.24) is 0 Å². The zero-order chi connectivity index (χ0) is 21.0. The van der Waals surface area contributed by atoms with Gasteiger partial charge >= 0.3 is 0 Å². The Morgan fingerprint density at radius 1 is 0.931 bits per heavy atom. The highest BCUT2D eigenvalue weighted by atomic mass is 16.2. The third kappa shape index (κ3) is 5.21. The number of carbonyl (C=O) groups is 2. The van der Waals surface area contributed by atoms with E-state index >= 15 is 0 Å². The van der Waals surface area contributed by atoms with Crippen LogP contribution in [0.2, 0.25) is 0 Å². The first-order valence-electron chi connectivity index (χ1n) is 9.82. The maximum Gasteiger partial charge on any atom is 0.282 e. The van der Waals surface area contributed by atoms with Crippen molar-refractivity contribution in [3.05, 3.63) is 71.8 Å². The molecule has 0 spiro atoms. The van der Waals surface area contributed by atoms with Crippen molar-refractivity contribution < 1.29 is 14.5 Å². The normalized spacial score (nSPS) is 13.0. The lowest BCUT2D eigenvalue weighted by Gasteiger charge is -2.21. The van der Waals surface area contributed by atoms with Gasteiger partial charge in [0.25, 0.3) is 11.8 Å². The van der Waals surface area contributed by atoms with Crippen LogP contribution in [0.25, 0.3) is 10.8 Å². The molecule has 0 aliphatic rings. The third-order valence-corrected chi connectivity index (χ3v) is 5.26. The first kappa shape index (κ1) is 20.6. The van der Waals surface area contributed by atoms with Gasteiger partial charge in [0, 0.05) is 11.4 Å². The molecule has 0 saturated carbocycles. The standard InChI is InChI=1S/C24H27N3O2/c1-16-9-10-17(2)22(13-16)26-23(28)15-27(4)18(3)24(29)25-21-12-11-19-7-5-6-8-20(19)14-21/h5-14,18H,15H2,1-4H3,(H,25,29)(H,26,28)/p+1/t18-/m0/s1.